The van der Waals surface area contributed by atoms with Gasteiger partial charge in [0.15, 0.2) is 0 Å². The summed E-state index contributed by atoms with van der Waals surface area (Å²) >= 11 is 0. The first-order valence-electron chi connectivity index (χ1n) is 7.81. The predicted octanol–water partition coefficient (Wildman–Crippen LogP) is 0.954. The Kier molecular flexibility index (Phi) is 5.75. The maximum atomic E-state index is 11.9. The number of carbonyl (C=O) groups is 2. The zero-order chi connectivity index (χ0) is 15.9. The average Bonchev–Trinajstić information content (AvgIpc) is 2.51. The molecule has 0 aromatic carbocycles. The molecule has 1 aromatic rings. The largest absolute Gasteiger partial charge is 0.353 e. The molecule has 1 saturated carbocycles. The van der Waals surface area contributed by atoms with Gasteiger partial charge in [-0.2, -0.15) is 0 Å². The van der Waals surface area contributed by atoms with E-state index in [1.54, 1.807) is 19.3 Å². The van der Waals surface area contributed by atoms with Crippen LogP contribution in [-0.2, 0) is 11.8 Å². The highest BCUT2D eigenvalue weighted by Crippen LogP contribution is 2.17. The van der Waals surface area contributed by atoms with Crippen LogP contribution >= 0.6 is 0 Å². The Morgan fingerprint density at radius 1 is 1.27 bits per heavy atom. The molecular weight excluding hydrogens is 282 g/mol. The number of hydrogen-bond donors (Lipinski definition) is 2. The molecule has 0 atom stereocenters. The molecule has 6 nitrogen and oxygen atoms in total. The molecule has 1 aromatic heterocycles. The van der Waals surface area contributed by atoms with Crippen LogP contribution in [0, 0.1) is 0 Å². The summed E-state index contributed by atoms with van der Waals surface area (Å²) < 4.78 is 1.35. The predicted molar refractivity (Wildman–Crippen MR) is 83.6 cm³/mol. The number of hydrogen-bond acceptors (Lipinski definition) is 3. The zero-order valence-corrected chi connectivity index (χ0v) is 12.9. The molecule has 0 bridgehead atoms. The summed E-state index contributed by atoms with van der Waals surface area (Å²) in [5.41, 5.74) is -0.246. The van der Waals surface area contributed by atoms with Gasteiger partial charge >= 0.3 is 0 Å². The third-order valence-electron chi connectivity index (χ3n) is 3.98. The Morgan fingerprint density at radius 3 is 2.73 bits per heavy atom. The molecule has 2 rings (SSSR count). The molecule has 1 aliphatic rings. The van der Waals surface area contributed by atoms with Gasteiger partial charge in [0.05, 0.1) is 0 Å². The fourth-order valence-electron chi connectivity index (χ4n) is 2.70. The Hall–Kier alpha value is -2.11. The van der Waals surface area contributed by atoms with Gasteiger partial charge in [-0.3, -0.25) is 14.4 Å². The zero-order valence-electron chi connectivity index (χ0n) is 12.9. The number of nitrogens with zero attached hydrogens (tertiary/aromatic N) is 1. The van der Waals surface area contributed by atoms with Gasteiger partial charge in [0.1, 0.15) is 5.56 Å². The molecule has 6 heteroatoms. The molecule has 120 valence electrons. The smallest absolute Gasteiger partial charge is 0.263 e. The van der Waals surface area contributed by atoms with Gasteiger partial charge in [-0.25, -0.2) is 0 Å². The van der Waals surface area contributed by atoms with E-state index in [1.165, 1.54) is 29.9 Å². The normalized spacial score (nSPS) is 15.3. The molecular formula is C16H23N3O3. The highest BCUT2D eigenvalue weighted by atomic mass is 16.2. The van der Waals surface area contributed by atoms with E-state index in [0.717, 1.165) is 12.8 Å². The van der Waals surface area contributed by atoms with Gasteiger partial charge in [-0.15, -0.1) is 0 Å². The van der Waals surface area contributed by atoms with E-state index in [9.17, 15) is 14.4 Å². The van der Waals surface area contributed by atoms with E-state index in [4.69, 9.17) is 0 Å². The Labute approximate surface area is 129 Å². The Morgan fingerprint density at radius 2 is 2.00 bits per heavy atom. The first kappa shape index (κ1) is 16.3. The quantitative estimate of drug-likeness (QED) is 0.850. The van der Waals surface area contributed by atoms with Crippen LogP contribution in [0.5, 0.6) is 0 Å². The van der Waals surface area contributed by atoms with E-state index in [-0.39, 0.29) is 36.0 Å². The fraction of sp³-hybridized carbons (Fsp3) is 0.562. The molecule has 1 fully saturated rings. The van der Waals surface area contributed by atoms with Crippen LogP contribution in [0.1, 0.15) is 48.9 Å². The lowest BCUT2D eigenvalue weighted by Crippen LogP contribution is -2.38. The van der Waals surface area contributed by atoms with Crippen LogP contribution in [-0.4, -0.2) is 29.0 Å². The second kappa shape index (κ2) is 7.77. The third-order valence-corrected chi connectivity index (χ3v) is 3.98. The van der Waals surface area contributed by atoms with E-state index < -0.39 is 5.91 Å². The van der Waals surface area contributed by atoms with Gasteiger partial charge in [-0.1, -0.05) is 19.3 Å². The van der Waals surface area contributed by atoms with Crippen molar-refractivity contribution in [1.29, 1.82) is 0 Å². The molecule has 22 heavy (non-hydrogen) atoms. The molecule has 2 N–H and O–H groups in total. The van der Waals surface area contributed by atoms with Gasteiger partial charge in [-0.05, 0) is 25.0 Å². The first-order valence-corrected chi connectivity index (χ1v) is 7.81. The number of aromatic nitrogens is 1. The first-order chi connectivity index (χ1) is 10.6. The van der Waals surface area contributed by atoms with Crippen LogP contribution in [0.3, 0.4) is 0 Å². The van der Waals surface area contributed by atoms with Gasteiger partial charge in [0.25, 0.3) is 11.5 Å². The topological polar surface area (TPSA) is 80.2 Å². The van der Waals surface area contributed by atoms with Gasteiger partial charge in [0.2, 0.25) is 5.91 Å². The molecule has 1 aliphatic carbocycles. The molecule has 0 unspecified atom stereocenters. The van der Waals surface area contributed by atoms with Crippen molar-refractivity contribution in [2.75, 3.05) is 6.54 Å². The van der Waals surface area contributed by atoms with Crippen LogP contribution < -0.4 is 16.2 Å². The highest BCUT2D eigenvalue weighted by molar-refractivity contribution is 5.94. The second-order valence-corrected chi connectivity index (χ2v) is 5.75. The Bertz CT molecular complexity index is 589. The number of aryl methyl sites for hydroxylation is 1. The SMILES string of the molecule is Cn1cccc(C(=O)NCCC(=O)NC2CCCCC2)c1=O. The lowest BCUT2D eigenvalue weighted by molar-refractivity contribution is -0.121. The molecule has 0 radical (unpaired) electrons. The minimum absolute atomic E-state index is 0.0480. The van der Waals surface area contributed by atoms with E-state index >= 15 is 0 Å². The van der Waals surface area contributed by atoms with Crippen molar-refractivity contribution < 1.29 is 9.59 Å². The number of nitrogens with one attached hydrogen (secondary N) is 2. The minimum atomic E-state index is -0.438. The van der Waals surface area contributed by atoms with E-state index in [0.29, 0.717) is 0 Å². The molecule has 2 amide bonds. The molecule has 1 heterocycles. The summed E-state index contributed by atoms with van der Waals surface area (Å²) in [6.45, 7) is 0.232. The van der Waals surface area contributed by atoms with Crippen molar-refractivity contribution in [2.45, 2.75) is 44.6 Å². The summed E-state index contributed by atoms with van der Waals surface area (Å²) in [5, 5.41) is 5.62. The fourth-order valence-corrected chi connectivity index (χ4v) is 2.70. The third kappa shape index (κ3) is 4.44. The van der Waals surface area contributed by atoms with Crippen molar-refractivity contribution in [2.24, 2.45) is 7.05 Å². The number of carbonyl (C=O) groups excluding carboxylic acids is 2. The van der Waals surface area contributed by atoms with Gasteiger partial charge in [0, 0.05) is 32.3 Å². The summed E-state index contributed by atoms with van der Waals surface area (Å²) in [6, 6.07) is 3.41. The van der Waals surface area contributed by atoms with Crippen LogP contribution in [0.4, 0.5) is 0 Å². The van der Waals surface area contributed by atoms with E-state index in [2.05, 4.69) is 10.6 Å². The molecule has 0 saturated heterocycles. The number of rotatable bonds is 5. The standard InChI is InChI=1S/C16H23N3O3/c1-19-11-5-8-13(16(19)22)15(21)17-10-9-14(20)18-12-6-3-2-4-7-12/h5,8,11-12H,2-4,6-7,9-10H2,1H3,(H,17,21)(H,18,20). The van der Waals surface area contributed by atoms with Crippen molar-refractivity contribution >= 4 is 11.8 Å². The maximum Gasteiger partial charge on any atom is 0.263 e. The lowest BCUT2D eigenvalue weighted by Gasteiger charge is -2.22. The lowest BCUT2D eigenvalue weighted by atomic mass is 9.95. The second-order valence-electron chi connectivity index (χ2n) is 5.75. The minimum Gasteiger partial charge on any atom is -0.353 e. The summed E-state index contributed by atoms with van der Waals surface area (Å²) in [7, 11) is 1.59. The highest BCUT2D eigenvalue weighted by Gasteiger charge is 2.16. The van der Waals surface area contributed by atoms with Crippen molar-refractivity contribution in [3.05, 3.63) is 34.2 Å². The summed E-state index contributed by atoms with van der Waals surface area (Å²) in [6.07, 6.45) is 7.48. The van der Waals surface area contributed by atoms with Crippen LogP contribution in [0.2, 0.25) is 0 Å². The molecule has 0 aliphatic heterocycles. The van der Waals surface area contributed by atoms with Crippen LogP contribution in [0.15, 0.2) is 23.1 Å². The van der Waals surface area contributed by atoms with Crippen molar-refractivity contribution in [1.82, 2.24) is 15.2 Å². The Balaban J connectivity index is 1.75. The molecule has 0 spiro atoms. The average molecular weight is 305 g/mol. The van der Waals surface area contributed by atoms with Crippen molar-refractivity contribution in [3.63, 3.8) is 0 Å². The van der Waals surface area contributed by atoms with Crippen molar-refractivity contribution in [3.8, 4) is 0 Å². The van der Waals surface area contributed by atoms with Gasteiger partial charge < -0.3 is 15.2 Å². The summed E-state index contributed by atoms with van der Waals surface area (Å²) in [4.78, 5) is 35.5. The summed E-state index contributed by atoms with van der Waals surface area (Å²) in [5.74, 6) is -0.486. The maximum absolute atomic E-state index is 11.9. The van der Waals surface area contributed by atoms with Crippen LogP contribution in [0.25, 0.3) is 0 Å². The number of amides is 2. The van der Waals surface area contributed by atoms with E-state index in [1.807, 2.05) is 0 Å². The number of pyridine rings is 1. The monoisotopic (exact) mass is 305 g/mol.